The van der Waals surface area contributed by atoms with Gasteiger partial charge in [0.25, 0.3) is 0 Å². The van der Waals surface area contributed by atoms with E-state index >= 15 is 0 Å². The second-order valence-corrected chi connectivity index (χ2v) is 6.88. The number of nitrogens with zero attached hydrogens (tertiary/aromatic N) is 1. The van der Waals surface area contributed by atoms with E-state index in [0.29, 0.717) is 17.6 Å². The summed E-state index contributed by atoms with van der Waals surface area (Å²) >= 11 is 5.86. The number of piperidine rings is 1. The van der Waals surface area contributed by atoms with E-state index in [9.17, 15) is 5.11 Å². The number of rotatable bonds is 6. The fraction of sp³-hybridized carbons (Fsp3) is 0.647. The molecular formula is C17H27ClN2O. The minimum Gasteiger partial charge on any atom is -0.387 e. The first-order valence-corrected chi connectivity index (χ1v) is 8.31. The Morgan fingerprint density at radius 2 is 1.86 bits per heavy atom. The predicted octanol–water partition coefficient (Wildman–Crippen LogP) is 3.08. The minimum atomic E-state index is -0.462. The third kappa shape index (κ3) is 5.59. The molecule has 1 aromatic rings. The number of hydrogen-bond donors (Lipinski definition) is 2. The fourth-order valence-electron chi connectivity index (χ4n) is 2.92. The lowest BCUT2D eigenvalue weighted by Gasteiger charge is -2.33. The van der Waals surface area contributed by atoms with Gasteiger partial charge in [-0.1, -0.05) is 37.6 Å². The number of nitrogens with one attached hydrogen (secondary N) is 1. The lowest BCUT2D eigenvalue weighted by Crippen LogP contribution is -2.44. The first-order valence-electron chi connectivity index (χ1n) is 7.94. The smallest absolute Gasteiger partial charge is 0.0914 e. The van der Waals surface area contributed by atoms with Gasteiger partial charge in [0, 0.05) is 24.2 Å². The number of benzene rings is 1. The van der Waals surface area contributed by atoms with E-state index in [1.54, 1.807) is 0 Å². The maximum atomic E-state index is 10.2. The molecule has 0 spiro atoms. The summed E-state index contributed by atoms with van der Waals surface area (Å²) in [5.41, 5.74) is 0.921. The Hall–Kier alpha value is -0.610. The normalized spacial score (nSPS) is 19.1. The molecule has 1 aromatic carbocycles. The van der Waals surface area contributed by atoms with Crippen LogP contribution in [0.1, 0.15) is 38.4 Å². The maximum absolute atomic E-state index is 10.2. The Morgan fingerprint density at radius 1 is 1.24 bits per heavy atom. The van der Waals surface area contributed by atoms with E-state index in [-0.39, 0.29) is 0 Å². The molecule has 1 aliphatic heterocycles. The van der Waals surface area contributed by atoms with Gasteiger partial charge in [-0.2, -0.15) is 0 Å². The standard InChI is InChI=1S/C17H27ClN2O/c1-13(2)12-20-9-7-16(8-10-20)19-11-17(21)14-3-5-15(18)6-4-14/h3-6,13,16-17,19,21H,7-12H2,1-2H3. The molecule has 2 N–H and O–H groups in total. The van der Waals surface area contributed by atoms with E-state index in [2.05, 4.69) is 24.1 Å². The molecule has 0 aliphatic carbocycles. The van der Waals surface area contributed by atoms with Crippen LogP contribution in [0, 0.1) is 5.92 Å². The average molecular weight is 311 g/mol. The van der Waals surface area contributed by atoms with Gasteiger partial charge in [0.2, 0.25) is 0 Å². The number of hydrogen-bond acceptors (Lipinski definition) is 3. The molecule has 118 valence electrons. The summed E-state index contributed by atoms with van der Waals surface area (Å²) in [4.78, 5) is 2.54. The van der Waals surface area contributed by atoms with Gasteiger partial charge in [-0.25, -0.2) is 0 Å². The van der Waals surface area contributed by atoms with Crippen molar-refractivity contribution in [3.63, 3.8) is 0 Å². The molecule has 1 heterocycles. The van der Waals surface area contributed by atoms with Crippen LogP contribution in [0.15, 0.2) is 24.3 Å². The first-order chi connectivity index (χ1) is 10.0. The lowest BCUT2D eigenvalue weighted by molar-refractivity contribution is 0.146. The van der Waals surface area contributed by atoms with Crippen molar-refractivity contribution < 1.29 is 5.11 Å². The first kappa shape index (κ1) is 16.8. The van der Waals surface area contributed by atoms with Crippen LogP contribution in [0.5, 0.6) is 0 Å². The second kappa shape index (κ2) is 8.14. The van der Waals surface area contributed by atoms with Crippen molar-refractivity contribution in [2.75, 3.05) is 26.2 Å². The van der Waals surface area contributed by atoms with Crippen LogP contribution in [0.2, 0.25) is 5.02 Å². The largest absolute Gasteiger partial charge is 0.387 e. The van der Waals surface area contributed by atoms with Crippen molar-refractivity contribution >= 4 is 11.6 Å². The van der Waals surface area contributed by atoms with Crippen molar-refractivity contribution in [2.24, 2.45) is 5.92 Å². The van der Waals surface area contributed by atoms with Gasteiger partial charge >= 0.3 is 0 Å². The number of likely N-dealkylation sites (tertiary alicyclic amines) is 1. The maximum Gasteiger partial charge on any atom is 0.0914 e. The van der Waals surface area contributed by atoms with Crippen LogP contribution >= 0.6 is 11.6 Å². The third-order valence-electron chi connectivity index (χ3n) is 4.07. The zero-order valence-electron chi connectivity index (χ0n) is 13.1. The Bertz CT molecular complexity index is 413. The Labute approximate surface area is 133 Å². The fourth-order valence-corrected chi connectivity index (χ4v) is 3.04. The summed E-state index contributed by atoms with van der Waals surface area (Å²) in [6, 6.07) is 7.95. The molecule has 0 aromatic heterocycles. The van der Waals surface area contributed by atoms with Gasteiger partial charge in [0.15, 0.2) is 0 Å². The highest BCUT2D eigenvalue weighted by molar-refractivity contribution is 6.30. The van der Waals surface area contributed by atoms with Crippen LogP contribution in [-0.2, 0) is 0 Å². The molecule has 0 saturated carbocycles. The quantitative estimate of drug-likeness (QED) is 0.847. The molecule has 1 unspecified atom stereocenters. The van der Waals surface area contributed by atoms with Gasteiger partial charge < -0.3 is 15.3 Å². The minimum absolute atomic E-state index is 0.462. The Kier molecular flexibility index (Phi) is 6.49. The molecule has 4 heteroatoms. The summed E-state index contributed by atoms with van der Waals surface area (Å²) in [7, 11) is 0. The second-order valence-electron chi connectivity index (χ2n) is 6.44. The van der Waals surface area contributed by atoms with Crippen LogP contribution in [0.3, 0.4) is 0 Å². The lowest BCUT2D eigenvalue weighted by atomic mass is 10.0. The summed E-state index contributed by atoms with van der Waals surface area (Å²) < 4.78 is 0. The molecule has 0 radical (unpaired) electrons. The van der Waals surface area contributed by atoms with Crippen LogP contribution in [0.4, 0.5) is 0 Å². The van der Waals surface area contributed by atoms with Crippen LogP contribution < -0.4 is 5.32 Å². The van der Waals surface area contributed by atoms with Crippen molar-refractivity contribution in [2.45, 2.75) is 38.8 Å². The molecule has 1 saturated heterocycles. The van der Waals surface area contributed by atoms with E-state index < -0.39 is 6.10 Å². The highest BCUT2D eigenvalue weighted by Crippen LogP contribution is 2.17. The number of aliphatic hydroxyl groups is 1. The van der Waals surface area contributed by atoms with Crippen molar-refractivity contribution in [1.82, 2.24) is 10.2 Å². The van der Waals surface area contributed by atoms with Crippen molar-refractivity contribution in [3.05, 3.63) is 34.9 Å². The predicted molar refractivity (Wildman–Crippen MR) is 88.7 cm³/mol. The molecule has 21 heavy (non-hydrogen) atoms. The van der Waals surface area contributed by atoms with Gasteiger partial charge in [-0.3, -0.25) is 0 Å². The molecule has 0 bridgehead atoms. The van der Waals surface area contributed by atoms with E-state index in [1.165, 1.54) is 19.4 Å². The van der Waals surface area contributed by atoms with Gasteiger partial charge in [0.1, 0.15) is 0 Å². The monoisotopic (exact) mass is 310 g/mol. The van der Waals surface area contributed by atoms with E-state index in [0.717, 1.165) is 24.6 Å². The molecule has 2 rings (SSSR count). The van der Waals surface area contributed by atoms with Gasteiger partial charge in [-0.15, -0.1) is 0 Å². The molecular weight excluding hydrogens is 284 g/mol. The molecule has 3 nitrogen and oxygen atoms in total. The molecule has 0 amide bonds. The highest BCUT2D eigenvalue weighted by Gasteiger charge is 2.20. The highest BCUT2D eigenvalue weighted by atomic mass is 35.5. The van der Waals surface area contributed by atoms with E-state index in [1.807, 2.05) is 24.3 Å². The zero-order valence-corrected chi connectivity index (χ0v) is 13.8. The van der Waals surface area contributed by atoms with E-state index in [4.69, 9.17) is 11.6 Å². The molecule has 1 aliphatic rings. The van der Waals surface area contributed by atoms with Gasteiger partial charge in [0.05, 0.1) is 6.10 Å². The average Bonchev–Trinajstić information content (AvgIpc) is 2.46. The topological polar surface area (TPSA) is 35.5 Å². The zero-order chi connectivity index (χ0) is 15.2. The van der Waals surface area contributed by atoms with Gasteiger partial charge in [-0.05, 0) is 49.5 Å². The Balaban J connectivity index is 1.70. The summed E-state index contributed by atoms with van der Waals surface area (Å²) in [6.07, 6.45) is 1.87. The number of halogens is 1. The summed E-state index contributed by atoms with van der Waals surface area (Å²) in [6.45, 7) is 8.66. The Morgan fingerprint density at radius 3 is 2.43 bits per heavy atom. The third-order valence-corrected chi connectivity index (χ3v) is 4.32. The van der Waals surface area contributed by atoms with Crippen molar-refractivity contribution in [3.8, 4) is 0 Å². The van der Waals surface area contributed by atoms with Crippen LogP contribution in [0.25, 0.3) is 0 Å². The summed E-state index contributed by atoms with van der Waals surface area (Å²) in [5.74, 6) is 0.737. The summed E-state index contributed by atoms with van der Waals surface area (Å²) in [5, 5.41) is 14.4. The molecule has 1 atom stereocenters. The number of aliphatic hydroxyl groups excluding tert-OH is 1. The van der Waals surface area contributed by atoms with Crippen LogP contribution in [-0.4, -0.2) is 42.2 Å². The molecule has 1 fully saturated rings. The SMILES string of the molecule is CC(C)CN1CCC(NCC(O)c2ccc(Cl)cc2)CC1. The van der Waals surface area contributed by atoms with Crippen molar-refractivity contribution in [1.29, 1.82) is 0 Å².